The van der Waals surface area contributed by atoms with Crippen LogP contribution in [0.1, 0.15) is 48.8 Å². The van der Waals surface area contributed by atoms with E-state index in [0.29, 0.717) is 48.8 Å². The standard InChI is InChI=1S/C42H39ClN4O4/c43-33-22-25-38-36(27-33)41(32-20-23-35(48)24-21-32)46-37(13-8-26-44-39(49)14-7-15-40(50)45-34-11-5-2-6-12-34)42(51)47(38)28-29-16-18-31(19-17-29)30-9-3-1-4-10-30/h1-6,9-12,16-25,27,37,48H,7-8,13-15,26,28H2,(H,44,49)(H,45,50). The minimum atomic E-state index is -0.734. The Morgan fingerprint density at radius 3 is 2.12 bits per heavy atom. The van der Waals surface area contributed by atoms with E-state index in [-0.39, 0.29) is 36.3 Å². The van der Waals surface area contributed by atoms with E-state index in [0.717, 1.165) is 33.5 Å². The van der Waals surface area contributed by atoms with Gasteiger partial charge in [-0.1, -0.05) is 84.4 Å². The topological polar surface area (TPSA) is 111 Å². The number of carbonyl (C=O) groups excluding carboxylic acids is 3. The fourth-order valence-electron chi connectivity index (χ4n) is 6.09. The average Bonchev–Trinajstić information content (AvgIpc) is 3.25. The van der Waals surface area contributed by atoms with Gasteiger partial charge < -0.3 is 20.6 Å². The number of carbonyl (C=O) groups is 3. The number of hydrogen-bond acceptors (Lipinski definition) is 5. The Morgan fingerprint density at radius 1 is 0.745 bits per heavy atom. The molecule has 0 aliphatic carbocycles. The van der Waals surface area contributed by atoms with Gasteiger partial charge in [-0.2, -0.15) is 0 Å². The minimum Gasteiger partial charge on any atom is -0.508 e. The van der Waals surface area contributed by atoms with Crippen LogP contribution in [0, 0.1) is 0 Å². The molecular formula is C42H39ClN4O4. The summed E-state index contributed by atoms with van der Waals surface area (Å²) in [5.41, 5.74) is 6.63. The normalized spacial score (nSPS) is 13.9. The second kappa shape index (κ2) is 16.8. The summed E-state index contributed by atoms with van der Waals surface area (Å²) in [6.45, 7) is 0.689. The second-order valence-corrected chi connectivity index (χ2v) is 12.9. The first-order valence-electron chi connectivity index (χ1n) is 17.1. The number of phenolic OH excluding ortho intramolecular Hbond substituents is 1. The van der Waals surface area contributed by atoms with Crippen LogP contribution >= 0.6 is 11.6 Å². The smallest absolute Gasteiger partial charge is 0.252 e. The predicted octanol–water partition coefficient (Wildman–Crippen LogP) is 8.17. The molecule has 0 bridgehead atoms. The first-order valence-corrected chi connectivity index (χ1v) is 17.5. The maximum Gasteiger partial charge on any atom is 0.252 e. The molecule has 1 unspecified atom stereocenters. The highest BCUT2D eigenvalue weighted by Crippen LogP contribution is 2.33. The van der Waals surface area contributed by atoms with Crippen LogP contribution in [0.25, 0.3) is 11.1 Å². The van der Waals surface area contributed by atoms with Crippen LogP contribution in [0.3, 0.4) is 0 Å². The number of phenols is 1. The van der Waals surface area contributed by atoms with Crippen LogP contribution in [0.5, 0.6) is 5.75 Å². The van der Waals surface area contributed by atoms with Crippen LogP contribution < -0.4 is 15.5 Å². The van der Waals surface area contributed by atoms with Gasteiger partial charge >= 0.3 is 0 Å². The maximum absolute atomic E-state index is 14.4. The lowest BCUT2D eigenvalue weighted by Gasteiger charge is -2.26. The molecule has 9 heteroatoms. The van der Waals surface area contributed by atoms with E-state index < -0.39 is 6.04 Å². The second-order valence-electron chi connectivity index (χ2n) is 12.4. The van der Waals surface area contributed by atoms with Gasteiger partial charge in [-0.25, -0.2) is 0 Å². The molecule has 0 spiro atoms. The molecule has 0 saturated heterocycles. The molecule has 1 aliphatic rings. The molecule has 3 amide bonds. The molecule has 258 valence electrons. The molecule has 0 radical (unpaired) electrons. The van der Waals surface area contributed by atoms with Gasteiger partial charge in [-0.05, 0) is 90.6 Å². The first kappa shape index (κ1) is 35.1. The van der Waals surface area contributed by atoms with Crippen molar-refractivity contribution in [3.05, 3.63) is 149 Å². The maximum atomic E-state index is 14.4. The summed E-state index contributed by atoms with van der Waals surface area (Å²) < 4.78 is 0. The lowest BCUT2D eigenvalue weighted by Crippen LogP contribution is -2.38. The van der Waals surface area contributed by atoms with Crippen molar-refractivity contribution in [1.29, 1.82) is 0 Å². The predicted molar refractivity (Wildman–Crippen MR) is 203 cm³/mol. The number of nitrogens with zero attached hydrogens (tertiary/aromatic N) is 2. The van der Waals surface area contributed by atoms with Crippen LogP contribution in [0.15, 0.2) is 132 Å². The van der Waals surface area contributed by atoms with Crippen molar-refractivity contribution >= 4 is 46.4 Å². The number of halogens is 1. The van der Waals surface area contributed by atoms with Gasteiger partial charge in [0, 0.05) is 41.2 Å². The van der Waals surface area contributed by atoms with Crippen LogP contribution in [-0.4, -0.2) is 41.1 Å². The van der Waals surface area contributed by atoms with Crippen molar-refractivity contribution in [3.8, 4) is 16.9 Å². The van der Waals surface area contributed by atoms with Crippen molar-refractivity contribution in [2.75, 3.05) is 16.8 Å². The monoisotopic (exact) mass is 698 g/mol. The Labute approximate surface area is 302 Å². The van der Waals surface area contributed by atoms with E-state index in [9.17, 15) is 19.5 Å². The summed E-state index contributed by atoms with van der Waals surface area (Å²) in [7, 11) is 0. The van der Waals surface area contributed by atoms with Gasteiger partial charge in [0.1, 0.15) is 11.8 Å². The zero-order valence-corrected chi connectivity index (χ0v) is 28.9. The van der Waals surface area contributed by atoms with E-state index in [1.807, 2.05) is 72.8 Å². The number of aromatic hydroxyl groups is 1. The van der Waals surface area contributed by atoms with Crippen molar-refractivity contribution in [2.24, 2.45) is 4.99 Å². The highest BCUT2D eigenvalue weighted by atomic mass is 35.5. The molecule has 1 aliphatic heterocycles. The molecule has 8 nitrogen and oxygen atoms in total. The number of fused-ring (bicyclic) bond motifs is 1. The lowest BCUT2D eigenvalue weighted by molar-refractivity contribution is -0.121. The van der Waals surface area contributed by atoms with Crippen molar-refractivity contribution in [3.63, 3.8) is 0 Å². The summed E-state index contributed by atoms with van der Waals surface area (Å²) in [6.07, 6.45) is 1.79. The van der Waals surface area contributed by atoms with Gasteiger partial charge in [0.25, 0.3) is 5.91 Å². The van der Waals surface area contributed by atoms with Crippen LogP contribution in [-0.2, 0) is 20.9 Å². The number of benzene rings is 5. The minimum absolute atomic E-state index is 0.125. The molecule has 3 N–H and O–H groups in total. The van der Waals surface area contributed by atoms with Crippen LogP contribution in [0.2, 0.25) is 5.02 Å². The van der Waals surface area contributed by atoms with E-state index in [1.54, 1.807) is 35.2 Å². The molecule has 0 saturated carbocycles. The number of para-hydroxylation sites is 1. The number of hydrogen-bond donors (Lipinski definition) is 3. The van der Waals surface area contributed by atoms with Crippen LogP contribution in [0.4, 0.5) is 11.4 Å². The summed E-state index contributed by atoms with van der Waals surface area (Å²) >= 11 is 6.53. The fraction of sp³-hybridized carbons (Fsp3) is 0.190. The Bertz CT molecular complexity index is 2000. The molecule has 0 fully saturated rings. The third-order valence-electron chi connectivity index (χ3n) is 8.72. The van der Waals surface area contributed by atoms with Crippen molar-refractivity contribution in [1.82, 2.24) is 5.32 Å². The van der Waals surface area contributed by atoms with Gasteiger partial charge in [-0.3, -0.25) is 19.4 Å². The number of benzodiazepines with no additional fused rings is 1. The number of anilines is 2. The first-order chi connectivity index (χ1) is 24.8. The fourth-order valence-corrected chi connectivity index (χ4v) is 6.27. The molecular weight excluding hydrogens is 660 g/mol. The number of rotatable bonds is 13. The molecule has 0 aromatic heterocycles. The van der Waals surface area contributed by atoms with Gasteiger partial charge in [0.15, 0.2) is 0 Å². The third kappa shape index (κ3) is 9.29. The number of amides is 3. The third-order valence-corrected chi connectivity index (χ3v) is 8.96. The summed E-state index contributed by atoms with van der Waals surface area (Å²) in [5.74, 6) is -0.317. The average molecular weight is 699 g/mol. The molecule has 1 atom stereocenters. The molecule has 5 aromatic rings. The van der Waals surface area contributed by atoms with Crippen molar-refractivity contribution in [2.45, 2.75) is 44.7 Å². The molecule has 51 heavy (non-hydrogen) atoms. The number of nitrogens with one attached hydrogen (secondary N) is 2. The van der Waals surface area contributed by atoms with E-state index in [1.165, 1.54) is 0 Å². The highest BCUT2D eigenvalue weighted by molar-refractivity contribution is 6.32. The SMILES string of the molecule is O=C(CCCC(=O)Nc1ccccc1)NCCCC1N=C(c2ccc(O)cc2)c2cc(Cl)ccc2N(Cc2ccc(-c3ccccc3)cc2)C1=O. The Kier molecular flexibility index (Phi) is 11.6. The highest BCUT2D eigenvalue weighted by Gasteiger charge is 2.32. The Balaban J connectivity index is 1.16. The number of aliphatic imine (C=N–C) groups is 1. The van der Waals surface area contributed by atoms with E-state index in [4.69, 9.17) is 16.6 Å². The van der Waals surface area contributed by atoms with E-state index in [2.05, 4.69) is 34.9 Å². The quantitative estimate of drug-likeness (QED) is 0.108. The van der Waals surface area contributed by atoms with Crippen molar-refractivity contribution < 1.29 is 19.5 Å². The Hall–Kier alpha value is -5.73. The molecule has 1 heterocycles. The summed E-state index contributed by atoms with van der Waals surface area (Å²) in [5, 5.41) is 16.3. The molecule has 6 rings (SSSR count). The van der Waals surface area contributed by atoms with Gasteiger partial charge in [0.05, 0.1) is 17.9 Å². The Morgan fingerprint density at radius 2 is 1.39 bits per heavy atom. The zero-order chi connectivity index (χ0) is 35.6. The van der Waals surface area contributed by atoms with Gasteiger partial charge in [0.2, 0.25) is 11.8 Å². The van der Waals surface area contributed by atoms with Gasteiger partial charge in [-0.15, -0.1) is 0 Å². The zero-order valence-electron chi connectivity index (χ0n) is 28.1. The van der Waals surface area contributed by atoms with E-state index >= 15 is 0 Å². The largest absolute Gasteiger partial charge is 0.508 e. The summed E-state index contributed by atoms with van der Waals surface area (Å²) in [6, 6.07) is 39.0. The summed E-state index contributed by atoms with van der Waals surface area (Å²) in [4.78, 5) is 46.0. The lowest BCUT2D eigenvalue weighted by atomic mass is 9.99. The molecule has 5 aromatic carbocycles.